The first-order valence-corrected chi connectivity index (χ1v) is 9.84. The average Bonchev–Trinajstić information content (AvgIpc) is 2.64. The van der Waals surface area contributed by atoms with E-state index < -0.39 is 0 Å². The predicted octanol–water partition coefficient (Wildman–Crippen LogP) is 3.29. The number of nitrogens with two attached hydrogens (primary N) is 1. The van der Waals surface area contributed by atoms with Gasteiger partial charge in [0.25, 0.3) is 0 Å². The molecule has 0 atom stereocenters. The number of nitrogens with zero attached hydrogens (tertiary/aromatic N) is 2. The quantitative estimate of drug-likeness (QED) is 0.431. The molecule has 9 heteroatoms. The number of nitrogens with one attached hydrogen (secondary N) is 1. The Kier molecular flexibility index (Phi) is 8.28. The Balaban J connectivity index is 2.24. The van der Waals surface area contributed by atoms with E-state index >= 15 is 0 Å². The van der Waals surface area contributed by atoms with E-state index in [1.165, 1.54) is 6.20 Å². The van der Waals surface area contributed by atoms with E-state index in [1.807, 2.05) is 12.1 Å². The molecule has 0 aliphatic heterocycles. The minimum Gasteiger partial charge on any atom is -0.496 e. The maximum Gasteiger partial charge on any atom is 0.225 e. The molecule has 8 nitrogen and oxygen atoms in total. The Labute approximate surface area is 173 Å². The summed E-state index contributed by atoms with van der Waals surface area (Å²) in [7, 11) is 1.61. The lowest BCUT2D eigenvalue weighted by Gasteiger charge is -2.18. The lowest BCUT2D eigenvalue weighted by atomic mass is 10.0. The molecule has 2 aromatic rings. The van der Waals surface area contributed by atoms with E-state index in [1.54, 1.807) is 7.11 Å². The molecule has 28 heavy (non-hydrogen) atoms. The van der Waals surface area contributed by atoms with Crippen molar-refractivity contribution in [3.63, 3.8) is 0 Å². The highest BCUT2D eigenvalue weighted by molar-refractivity contribution is 9.10. The molecule has 0 fully saturated rings. The summed E-state index contributed by atoms with van der Waals surface area (Å²) in [6, 6.07) is 3.61. The van der Waals surface area contributed by atoms with Crippen LogP contribution in [0.1, 0.15) is 38.2 Å². The Bertz CT molecular complexity index is 783. The van der Waals surface area contributed by atoms with E-state index in [2.05, 4.69) is 45.1 Å². The van der Waals surface area contributed by atoms with Crippen molar-refractivity contribution >= 4 is 27.7 Å². The Morgan fingerprint density at radius 3 is 2.36 bits per heavy atom. The first kappa shape index (κ1) is 22.2. The number of methoxy groups -OCH3 is 1. The summed E-state index contributed by atoms with van der Waals surface area (Å²) in [5.74, 6) is 2.40. The Morgan fingerprint density at radius 1 is 1.14 bits per heavy atom. The Morgan fingerprint density at radius 2 is 1.82 bits per heavy atom. The first-order valence-electron chi connectivity index (χ1n) is 9.05. The van der Waals surface area contributed by atoms with Crippen LogP contribution in [0.25, 0.3) is 0 Å². The molecule has 0 radical (unpaired) electrons. The topological polar surface area (TPSA) is 123 Å². The van der Waals surface area contributed by atoms with Crippen molar-refractivity contribution in [3.8, 4) is 17.2 Å². The van der Waals surface area contributed by atoms with Crippen molar-refractivity contribution in [1.82, 2.24) is 9.97 Å². The van der Waals surface area contributed by atoms with Gasteiger partial charge in [0, 0.05) is 24.8 Å². The molecule has 0 saturated carbocycles. The van der Waals surface area contributed by atoms with Gasteiger partial charge in [0.2, 0.25) is 5.95 Å². The van der Waals surface area contributed by atoms with Gasteiger partial charge in [0.05, 0.1) is 17.8 Å². The molecule has 0 aliphatic carbocycles. The van der Waals surface area contributed by atoms with Gasteiger partial charge in [-0.15, -0.1) is 0 Å². The van der Waals surface area contributed by atoms with Crippen LogP contribution in [-0.4, -0.2) is 46.5 Å². The number of aliphatic hydroxyl groups is 2. The molecule has 0 aliphatic rings. The van der Waals surface area contributed by atoms with Crippen molar-refractivity contribution in [2.75, 3.05) is 31.4 Å². The number of benzene rings is 1. The van der Waals surface area contributed by atoms with E-state index in [-0.39, 0.29) is 31.0 Å². The average molecular weight is 455 g/mol. The number of hydrogen-bond acceptors (Lipinski definition) is 8. The first-order chi connectivity index (χ1) is 13.4. The van der Waals surface area contributed by atoms with E-state index in [9.17, 15) is 0 Å². The van der Waals surface area contributed by atoms with Gasteiger partial charge in [-0.2, -0.15) is 4.98 Å². The molecule has 1 aromatic carbocycles. The molecule has 1 heterocycles. The van der Waals surface area contributed by atoms with Gasteiger partial charge in [-0.1, -0.05) is 13.8 Å². The highest BCUT2D eigenvalue weighted by Gasteiger charge is 2.16. The number of anilines is 2. The number of halogens is 1. The minimum atomic E-state index is -0.147. The lowest BCUT2D eigenvalue weighted by molar-refractivity contribution is 0.247. The van der Waals surface area contributed by atoms with Gasteiger partial charge in [0.15, 0.2) is 11.6 Å². The maximum absolute atomic E-state index is 9.11. The van der Waals surface area contributed by atoms with E-state index in [0.717, 1.165) is 15.8 Å². The normalized spacial score (nSPS) is 11.1. The summed E-state index contributed by atoms with van der Waals surface area (Å²) in [5.41, 5.74) is 7.03. The molecular formula is C19H27BrN4O4. The van der Waals surface area contributed by atoms with Crippen LogP contribution in [-0.2, 0) is 0 Å². The SMILES string of the molecule is COc1cc(C(C)C)c(Oc2cnc(NC(CCO)CCO)nc2N)cc1Br. The summed E-state index contributed by atoms with van der Waals surface area (Å²) >= 11 is 3.47. The number of ether oxygens (including phenoxy) is 2. The molecule has 0 unspecified atom stereocenters. The van der Waals surface area contributed by atoms with Crippen LogP contribution in [0, 0.1) is 0 Å². The number of aliphatic hydroxyl groups excluding tert-OH is 2. The molecule has 0 spiro atoms. The lowest BCUT2D eigenvalue weighted by Crippen LogP contribution is -2.23. The van der Waals surface area contributed by atoms with Gasteiger partial charge < -0.3 is 30.7 Å². The minimum absolute atomic E-state index is 0.00132. The highest BCUT2D eigenvalue weighted by Crippen LogP contribution is 2.39. The fourth-order valence-electron chi connectivity index (χ4n) is 2.68. The zero-order valence-electron chi connectivity index (χ0n) is 16.3. The molecule has 0 amide bonds. The fourth-order valence-corrected chi connectivity index (χ4v) is 3.16. The molecule has 0 bridgehead atoms. The second-order valence-electron chi connectivity index (χ2n) is 6.59. The summed E-state index contributed by atoms with van der Waals surface area (Å²) in [4.78, 5) is 8.48. The second-order valence-corrected chi connectivity index (χ2v) is 7.44. The van der Waals surface area contributed by atoms with Crippen LogP contribution in [0.5, 0.6) is 17.2 Å². The van der Waals surface area contributed by atoms with Gasteiger partial charge in [0.1, 0.15) is 11.5 Å². The second kappa shape index (κ2) is 10.4. The van der Waals surface area contributed by atoms with Crippen molar-refractivity contribution in [3.05, 3.63) is 28.4 Å². The Hall–Kier alpha value is -2.10. The number of aromatic nitrogens is 2. The summed E-state index contributed by atoms with van der Waals surface area (Å²) in [5, 5.41) is 21.3. The summed E-state index contributed by atoms with van der Waals surface area (Å²) in [6.45, 7) is 4.12. The molecule has 154 valence electrons. The predicted molar refractivity (Wildman–Crippen MR) is 112 cm³/mol. The summed E-state index contributed by atoms with van der Waals surface area (Å²) < 4.78 is 12.1. The number of hydrogen-bond donors (Lipinski definition) is 4. The molecule has 2 rings (SSSR count). The zero-order valence-corrected chi connectivity index (χ0v) is 17.9. The third-order valence-corrected chi connectivity index (χ3v) is 4.82. The standard InChI is InChI=1S/C19H27BrN4O4/c1-11(2)13-8-16(27-3)14(20)9-15(13)28-17-10-22-19(24-18(17)21)23-12(4-6-25)5-7-26/h8-12,25-26H,4-7H2,1-3H3,(H3,21,22,23,24). The molecule has 1 aromatic heterocycles. The van der Waals surface area contributed by atoms with Crippen LogP contribution in [0.4, 0.5) is 11.8 Å². The smallest absolute Gasteiger partial charge is 0.225 e. The molecule has 0 saturated heterocycles. The van der Waals surface area contributed by atoms with E-state index in [4.69, 9.17) is 25.4 Å². The van der Waals surface area contributed by atoms with Crippen LogP contribution in [0.3, 0.4) is 0 Å². The van der Waals surface area contributed by atoms with E-state index in [0.29, 0.717) is 30.3 Å². The third-order valence-electron chi connectivity index (χ3n) is 4.20. The van der Waals surface area contributed by atoms with Crippen molar-refractivity contribution < 1.29 is 19.7 Å². The number of nitrogen functional groups attached to an aromatic ring is 1. The van der Waals surface area contributed by atoms with Crippen molar-refractivity contribution in [2.24, 2.45) is 0 Å². The largest absolute Gasteiger partial charge is 0.496 e. The fraction of sp³-hybridized carbons (Fsp3) is 0.474. The van der Waals surface area contributed by atoms with Crippen LogP contribution in [0.2, 0.25) is 0 Å². The molecular weight excluding hydrogens is 428 g/mol. The maximum atomic E-state index is 9.11. The monoisotopic (exact) mass is 454 g/mol. The van der Waals surface area contributed by atoms with Gasteiger partial charge in [-0.05, 0) is 46.8 Å². The number of rotatable bonds is 10. The molecule has 5 N–H and O–H groups in total. The van der Waals surface area contributed by atoms with Gasteiger partial charge in [-0.25, -0.2) is 4.98 Å². The zero-order chi connectivity index (χ0) is 20.7. The van der Waals surface area contributed by atoms with Gasteiger partial charge in [-0.3, -0.25) is 0 Å². The third kappa shape index (κ3) is 5.70. The van der Waals surface area contributed by atoms with Crippen LogP contribution in [0.15, 0.2) is 22.8 Å². The summed E-state index contributed by atoms with van der Waals surface area (Å²) in [6.07, 6.45) is 2.45. The highest BCUT2D eigenvalue weighted by atomic mass is 79.9. The van der Waals surface area contributed by atoms with Crippen molar-refractivity contribution in [2.45, 2.75) is 38.6 Å². The van der Waals surface area contributed by atoms with Crippen LogP contribution < -0.4 is 20.5 Å². The van der Waals surface area contributed by atoms with Crippen molar-refractivity contribution in [1.29, 1.82) is 0 Å². The van der Waals surface area contributed by atoms with Crippen LogP contribution >= 0.6 is 15.9 Å². The van der Waals surface area contributed by atoms with Gasteiger partial charge >= 0.3 is 0 Å².